The van der Waals surface area contributed by atoms with Crippen molar-refractivity contribution in [2.45, 2.75) is 20.4 Å². The summed E-state index contributed by atoms with van der Waals surface area (Å²) < 4.78 is 1.94. The first-order chi connectivity index (χ1) is 7.16. The van der Waals surface area contributed by atoms with Crippen LogP contribution in [-0.2, 0) is 6.54 Å². The monoisotopic (exact) mass is 221 g/mol. The van der Waals surface area contributed by atoms with Gasteiger partial charge in [-0.2, -0.15) is 0 Å². The van der Waals surface area contributed by atoms with E-state index in [1.165, 1.54) is 6.92 Å². The van der Waals surface area contributed by atoms with E-state index in [9.17, 15) is 4.79 Å². The molecule has 0 atom stereocenters. The molecular formula is C10H11N3OS. The Kier molecular flexibility index (Phi) is 2.64. The van der Waals surface area contributed by atoms with Crippen molar-refractivity contribution >= 4 is 17.1 Å². The zero-order valence-electron chi connectivity index (χ0n) is 8.60. The van der Waals surface area contributed by atoms with E-state index in [-0.39, 0.29) is 5.78 Å². The van der Waals surface area contributed by atoms with Crippen molar-refractivity contribution in [2.75, 3.05) is 0 Å². The molecule has 0 spiro atoms. The number of thiazole rings is 1. The lowest BCUT2D eigenvalue weighted by Gasteiger charge is -2.00. The zero-order chi connectivity index (χ0) is 10.8. The standard InChI is InChI=1S/C10H11N3OS/c1-7(14)10-4-13(8(2)12-10)3-9-5-15-6-11-9/h4-6H,3H2,1-2H3. The van der Waals surface area contributed by atoms with Crippen molar-refractivity contribution < 1.29 is 4.79 Å². The molecule has 0 aromatic carbocycles. The Labute approximate surface area is 91.6 Å². The number of aromatic nitrogens is 3. The number of nitrogens with zero attached hydrogens (tertiary/aromatic N) is 3. The lowest BCUT2D eigenvalue weighted by Crippen LogP contribution is -2.00. The fourth-order valence-electron chi connectivity index (χ4n) is 1.33. The summed E-state index contributed by atoms with van der Waals surface area (Å²) in [6, 6.07) is 0. The molecule has 0 aliphatic heterocycles. The fourth-order valence-corrected chi connectivity index (χ4v) is 1.88. The van der Waals surface area contributed by atoms with Crippen molar-refractivity contribution in [2.24, 2.45) is 0 Å². The topological polar surface area (TPSA) is 47.8 Å². The third-order valence-electron chi connectivity index (χ3n) is 2.15. The van der Waals surface area contributed by atoms with Crippen LogP contribution in [0.25, 0.3) is 0 Å². The SMILES string of the molecule is CC(=O)c1cn(Cc2cscn2)c(C)n1. The van der Waals surface area contributed by atoms with Crippen LogP contribution in [0.5, 0.6) is 0 Å². The molecule has 5 heteroatoms. The van der Waals surface area contributed by atoms with Crippen molar-refractivity contribution in [1.29, 1.82) is 0 Å². The van der Waals surface area contributed by atoms with E-state index in [0.29, 0.717) is 12.2 Å². The molecule has 0 aliphatic rings. The predicted octanol–water partition coefficient (Wildman–Crippen LogP) is 1.90. The van der Waals surface area contributed by atoms with Crippen LogP contribution in [0.3, 0.4) is 0 Å². The van der Waals surface area contributed by atoms with Gasteiger partial charge in [0.05, 0.1) is 17.7 Å². The van der Waals surface area contributed by atoms with E-state index < -0.39 is 0 Å². The smallest absolute Gasteiger partial charge is 0.179 e. The van der Waals surface area contributed by atoms with Crippen molar-refractivity contribution in [3.8, 4) is 0 Å². The molecule has 0 bridgehead atoms. The summed E-state index contributed by atoms with van der Waals surface area (Å²) in [5.74, 6) is 0.836. The molecule has 2 rings (SSSR count). The second kappa shape index (κ2) is 3.94. The van der Waals surface area contributed by atoms with Gasteiger partial charge in [-0.05, 0) is 6.92 Å². The summed E-state index contributed by atoms with van der Waals surface area (Å²) in [5, 5.41) is 1.99. The fraction of sp³-hybridized carbons (Fsp3) is 0.300. The molecule has 2 aromatic heterocycles. The van der Waals surface area contributed by atoms with Crippen LogP contribution in [0.2, 0.25) is 0 Å². The van der Waals surface area contributed by atoms with Crippen LogP contribution in [0, 0.1) is 6.92 Å². The summed E-state index contributed by atoms with van der Waals surface area (Å²) in [7, 11) is 0. The zero-order valence-corrected chi connectivity index (χ0v) is 9.41. The summed E-state index contributed by atoms with van der Waals surface area (Å²) >= 11 is 1.57. The quantitative estimate of drug-likeness (QED) is 0.744. The molecule has 2 heterocycles. The highest BCUT2D eigenvalue weighted by molar-refractivity contribution is 7.07. The highest BCUT2D eigenvalue weighted by Gasteiger charge is 2.08. The Morgan fingerprint density at radius 3 is 2.93 bits per heavy atom. The van der Waals surface area contributed by atoms with Crippen LogP contribution in [0.4, 0.5) is 0 Å². The van der Waals surface area contributed by atoms with Gasteiger partial charge in [-0.15, -0.1) is 11.3 Å². The van der Waals surface area contributed by atoms with Gasteiger partial charge in [0.2, 0.25) is 0 Å². The Morgan fingerprint density at radius 2 is 2.40 bits per heavy atom. The van der Waals surface area contributed by atoms with Crippen molar-refractivity contribution in [1.82, 2.24) is 14.5 Å². The van der Waals surface area contributed by atoms with E-state index in [1.54, 1.807) is 23.0 Å². The summed E-state index contributed by atoms with van der Waals surface area (Å²) in [6.07, 6.45) is 1.77. The summed E-state index contributed by atoms with van der Waals surface area (Å²) in [5.41, 5.74) is 3.31. The largest absolute Gasteiger partial charge is 0.328 e. The van der Waals surface area contributed by atoms with Gasteiger partial charge >= 0.3 is 0 Å². The van der Waals surface area contributed by atoms with Gasteiger partial charge in [0.15, 0.2) is 5.78 Å². The first-order valence-electron chi connectivity index (χ1n) is 4.58. The maximum absolute atomic E-state index is 11.1. The maximum atomic E-state index is 11.1. The number of imidazole rings is 1. The molecule has 15 heavy (non-hydrogen) atoms. The Morgan fingerprint density at radius 1 is 1.60 bits per heavy atom. The molecule has 0 unspecified atom stereocenters. The molecule has 78 valence electrons. The lowest BCUT2D eigenvalue weighted by molar-refractivity contribution is 0.101. The highest BCUT2D eigenvalue weighted by Crippen LogP contribution is 2.08. The maximum Gasteiger partial charge on any atom is 0.179 e. The number of carbonyl (C=O) groups excluding carboxylic acids is 1. The Bertz CT molecular complexity index is 473. The molecule has 0 N–H and O–H groups in total. The predicted molar refractivity (Wildman–Crippen MR) is 58.2 cm³/mol. The van der Waals surface area contributed by atoms with Crippen LogP contribution in [0.1, 0.15) is 28.9 Å². The molecule has 0 fully saturated rings. The first-order valence-corrected chi connectivity index (χ1v) is 5.53. The molecule has 0 saturated carbocycles. The molecule has 0 radical (unpaired) electrons. The van der Waals surface area contributed by atoms with Gasteiger partial charge in [-0.3, -0.25) is 4.79 Å². The normalized spacial score (nSPS) is 10.5. The van der Waals surface area contributed by atoms with E-state index in [4.69, 9.17) is 0 Å². The summed E-state index contributed by atoms with van der Waals surface area (Å²) in [4.78, 5) is 19.5. The van der Waals surface area contributed by atoms with E-state index in [1.807, 2.05) is 16.9 Å². The third-order valence-corrected chi connectivity index (χ3v) is 2.79. The first kappa shape index (κ1) is 10.0. The number of hydrogen-bond acceptors (Lipinski definition) is 4. The van der Waals surface area contributed by atoms with E-state index in [0.717, 1.165) is 11.5 Å². The lowest BCUT2D eigenvalue weighted by atomic mass is 10.3. The van der Waals surface area contributed by atoms with Crippen LogP contribution < -0.4 is 0 Å². The molecule has 0 amide bonds. The van der Waals surface area contributed by atoms with Crippen LogP contribution >= 0.6 is 11.3 Å². The highest BCUT2D eigenvalue weighted by atomic mass is 32.1. The number of carbonyl (C=O) groups is 1. The van der Waals surface area contributed by atoms with Gasteiger partial charge in [-0.25, -0.2) is 9.97 Å². The minimum atomic E-state index is -0.00451. The summed E-state index contributed by atoms with van der Waals surface area (Å²) in [6.45, 7) is 4.09. The van der Waals surface area contributed by atoms with Gasteiger partial charge in [0.25, 0.3) is 0 Å². The Hall–Kier alpha value is -1.49. The second-order valence-corrected chi connectivity index (χ2v) is 4.06. The van der Waals surface area contributed by atoms with E-state index >= 15 is 0 Å². The van der Waals surface area contributed by atoms with Crippen LogP contribution in [0.15, 0.2) is 17.1 Å². The van der Waals surface area contributed by atoms with Gasteiger partial charge in [0.1, 0.15) is 11.5 Å². The molecule has 0 saturated heterocycles. The minimum absolute atomic E-state index is 0.00451. The van der Waals surface area contributed by atoms with Crippen molar-refractivity contribution in [3.63, 3.8) is 0 Å². The number of rotatable bonds is 3. The number of aryl methyl sites for hydroxylation is 1. The van der Waals surface area contributed by atoms with Gasteiger partial charge in [0, 0.05) is 18.5 Å². The molecule has 4 nitrogen and oxygen atoms in total. The van der Waals surface area contributed by atoms with Crippen LogP contribution in [-0.4, -0.2) is 20.3 Å². The average Bonchev–Trinajstić information content (AvgIpc) is 2.77. The number of ketones is 1. The molecular weight excluding hydrogens is 210 g/mol. The number of hydrogen-bond donors (Lipinski definition) is 0. The van der Waals surface area contributed by atoms with Crippen molar-refractivity contribution in [3.05, 3.63) is 34.3 Å². The third kappa shape index (κ3) is 2.12. The number of Topliss-reactive ketones (excluding diaryl/α,β-unsaturated/α-hetero) is 1. The van der Waals surface area contributed by atoms with Gasteiger partial charge < -0.3 is 4.57 Å². The molecule has 0 aliphatic carbocycles. The van der Waals surface area contributed by atoms with E-state index in [2.05, 4.69) is 9.97 Å². The minimum Gasteiger partial charge on any atom is -0.328 e. The molecule has 2 aromatic rings. The Balaban J connectivity index is 2.25. The average molecular weight is 221 g/mol. The second-order valence-electron chi connectivity index (χ2n) is 3.34. The van der Waals surface area contributed by atoms with Gasteiger partial charge in [-0.1, -0.05) is 0 Å².